The van der Waals surface area contributed by atoms with Crippen LogP contribution in [0.15, 0.2) is 12.7 Å². The van der Waals surface area contributed by atoms with E-state index in [1.54, 1.807) is 6.08 Å². The van der Waals surface area contributed by atoms with Crippen molar-refractivity contribution >= 4 is 10.0 Å². The van der Waals surface area contributed by atoms with Crippen molar-refractivity contribution in [1.82, 2.24) is 0 Å². The van der Waals surface area contributed by atoms with Crippen LogP contribution in [-0.2, 0) is 14.8 Å². The lowest BCUT2D eigenvalue weighted by Crippen LogP contribution is -2.37. The highest BCUT2D eigenvalue weighted by atomic mass is 32.2. The number of ether oxygens (including phenoxy) is 1. The number of rotatable bonds is 5. The Bertz CT molecular complexity index is 235. The zero-order chi connectivity index (χ0) is 9.78. The van der Waals surface area contributed by atoms with Crippen LogP contribution >= 0.6 is 0 Å². The fourth-order valence-electron chi connectivity index (χ4n) is 0.855. The van der Waals surface area contributed by atoms with Gasteiger partial charge in [0.05, 0.1) is 11.4 Å². The van der Waals surface area contributed by atoms with E-state index >= 15 is 0 Å². The predicted molar refractivity (Wildman–Crippen MR) is 48.2 cm³/mol. The predicted octanol–water partition coefficient (Wildman–Crippen LogP) is 0.255. The zero-order valence-electron chi connectivity index (χ0n) is 7.36. The molecule has 12 heavy (non-hydrogen) atoms. The molecule has 0 rings (SSSR count). The molecule has 0 aliphatic carbocycles. The third-order valence-corrected chi connectivity index (χ3v) is 3.08. The topological polar surface area (TPSA) is 69.4 Å². The van der Waals surface area contributed by atoms with Gasteiger partial charge in [0.25, 0.3) is 0 Å². The van der Waals surface area contributed by atoms with Gasteiger partial charge < -0.3 is 4.74 Å². The zero-order valence-corrected chi connectivity index (χ0v) is 8.17. The van der Waals surface area contributed by atoms with Crippen molar-refractivity contribution in [3.8, 4) is 0 Å². The second-order valence-electron chi connectivity index (χ2n) is 2.59. The molecule has 72 valence electrons. The molecule has 0 unspecified atom stereocenters. The lowest BCUT2D eigenvalue weighted by molar-refractivity contribution is 0.104. The maximum Gasteiger partial charge on any atom is 0.214 e. The van der Waals surface area contributed by atoms with E-state index in [-0.39, 0.29) is 0 Å². The molecule has 0 aromatic rings. The van der Waals surface area contributed by atoms with Gasteiger partial charge in [0.15, 0.2) is 0 Å². The average Bonchev–Trinajstić information content (AvgIpc) is 1.97. The van der Waals surface area contributed by atoms with Crippen molar-refractivity contribution in [3.05, 3.63) is 12.7 Å². The smallest absolute Gasteiger partial charge is 0.214 e. The molecule has 0 amide bonds. The molecule has 0 aromatic heterocycles. The molecular weight excluding hydrogens is 178 g/mol. The highest BCUT2D eigenvalue weighted by Crippen LogP contribution is 2.09. The molecule has 0 aliphatic heterocycles. The quantitative estimate of drug-likeness (QED) is 0.636. The number of primary sulfonamides is 1. The molecule has 0 saturated carbocycles. The van der Waals surface area contributed by atoms with E-state index in [1.807, 2.05) is 0 Å². The Labute approximate surface area is 73.5 Å². The number of methoxy groups -OCH3 is 1. The van der Waals surface area contributed by atoms with Crippen molar-refractivity contribution in [1.29, 1.82) is 0 Å². The summed E-state index contributed by atoms with van der Waals surface area (Å²) in [5.41, 5.74) is 0. The molecule has 0 saturated heterocycles. The highest BCUT2D eigenvalue weighted by molar-refractivity contribution is 7.89. The summed E-state index contributed by atoms with van der Waals surface area (Å²) >= 11 is 0. The van der Waals surface area contributed by atoms with Gasteiger partial charge >= 0.3 is 0 Å². The molecule has 0 aromatic carbocycles. The Morgan fingerprint density at radius 3 is 2.42 bits per heavy atom. The van der Waals surface area contributed by atoms with E-state index in [0.29, 0.717) is 6.42 Å². The summed E-state index contributed by atoms with van der Waals surface area (Å²) in [6.45, 7) is 5.02. The molecule has 2 atom stereocenters. The molecule has 0 fully saturated rings. The van der Waals surface area contributed by atoms with Crippen LogP contribution < -0.4 is 5.14 Å². The summed E-state index contributed by atoms with van der Waals surface area (Å²) in [6.07, 6.45) is 1.68. The third-order valence-electron chi connectivity index (χ3n) is 1.74. The summed E-state index contributed by atoms with van der Waals surface area (Å²) in [4.78, 5) is 0. The van der Waals surface area contributed by atoms with Crippen LogP contribution in [0.3, 0.4) is 0 Å². The van der Waals surface area contributed by atoms with Crippen molar-refractivity contribution in [3.63, 3.8) is 0 Å². The van der Waals surface area contributed by atoms with Crippen LogP contribution in [0.5, 0.6) is 0 Å². The number of hydrogen-bond donors (Lipinski definition) is 1. The first kappa shape index (κ1) is 11.6. The van der Waals surface area contributed by atoms with Crippen molar-refractivity contribution in [2.45, 2.75) is 24.7 Å². The van der Waals surface area contributed by atoms with E-state index in [9.17, 15) is 8.42 Å². The van der Waals surface area contributed by atoms with E-state index < -0.39 is 21.4 Å². The van der Waals surface area contributed by atoms with Gasteiger partial charge in [0.2, 0.25) is 10.0 Å². The second kappa shape index (κ2) is 4.59. The lowest BCUT2D eigenvalue weighted by atomic mass is 10.2. The first-order chi connectivity index (χ1) is 5.43. The fraction of sp³-hybridized carbons (Fsp3) is 0.714. The highest BCUT2D eigenvalue weighted by Gasteiger charge is 2.25. The SMILES string of the molecule is C=CC[C@@H](OC)[C@@H](C)S(N)(=O)=O. The minimum Gasteiger partial charge on any atom is -0.380 e. The number of nitrogens with two attached hydrogens (primary N) is 1. The first-order valence-electron chi connectivity index (χ1n) is 3.58. The van der Waals surface area contributed by atoms with E-state index in [0.717, 1.165) is 0 Å². The molecule has 5 heteroatoms. The first-order valence-corrected chi connectivity index (χ1v) is 5.19. The van der Waals surface area contributed by atoms with Crippen molar-refractivity contribution in [2.24, 2.45) is 5.14 Å². The van der Waals surface area contributed by atoms with Crippen LogP contribution in [0.2, 0.25) is 0 Å². The third kappa shape index (κ3) is 3.34. The Balaban J connectivity index is 4.41. The molecule has 0 bridgehead atoms. The van der Waals surface area contributed by atoms with Gasteiger partial charge in [-0.1, -0.05) is 6.08 Å². The van der Waals surface area contributed by atoms with Crippen molar-refractivity contribution in [2.75, 3.05) is 7.11 Å². The van der Waals surface area contributed by atoms with Gasteiger partial charge in [0.1, 0.15) is 0 Å². The standard InChI is InChI=1S/C7H15NO3S/c1-4-5-7(11-3)6(2)12(8,9)10/h4,6-7H,1,5H2,2-3H3,(H2,8,9,10)/t6-,7-/m1/s1. The van der Waals surface area contributed by atoms with E-state index in [4.69, 9.17) is 9.88 Å². The molecular formula is C7H15NO3S. The summed E-state index contributed by atoms with van der Waals surface area (Å²) in [6, 6.07) is 0. The number of sulfonamides is 1. The largest absolute Gasteiger partial charge is 0.380 e. The molecule has 2 N–H and O–H groups in total. The van der Waals surface area contributed by atoms with Crippen LogP contribution in [-0.4, -0.2) is 26.9 Å². The Kier molecular flexibility index (Phi) is 4.44. The monoisotopic (exact) mass is 193 g/mol. The summed E-state index contributed by atoms with van der Waals surface area (Å²) in [5, 5.41) is 4.25. The summed E-state index contributed by atoms with van der Waals surface area (Å²) in [5.74, 6) is 0. The Hall–Kier alpha value is -0.390. The van der Waals surface area contributed by atoms with Gasteiger partial charge in [-0.15, -0.1) is 6.58 Å². The van der Waals surface area contributed by atoms with Gasteiger partial charge in [-0.3, -0.25) is 0 Å². The van der Waals surface area contributed by atoms with Gasteiger partial charge in [0, 0.05) is 7.11 Å². The average molecular weight is 193 g/mol. The second-order valence-corrected chi connectivity index (χ2v) is 4.51. The van der Waals surface area contributed by atoms with E-state index in [2.05, 4.69) is 6.58 Å². The summed E-state index contributed by atoms with van der Waals surface area (Å²) < 4.78 is 26.7. The molecule has 0 radical (unpaired) electrons. The maximum absolute atomic E-state index is 10.9. The van der Waals surface area contributed by atoms with Gasteiger partial charge in [-0.05, 0) is 13.3 Å². The minimum absolute atomic E-state index is 0.405. The van der Waals surface area contributed by atoms with Crippen LogP contribution in [0.1, 0.15) is 13.3 Å². The van der Waals surface area contributed by atoms with Crippen LogP contribution in [0, 0.1) is 0 Å². The van der Waals surface area contributed by atoms with E-state index in [1.165, 1.54) is 14.0 Å². The summed E-state index contributed by atoms with van der Waals surface area (Å²) in [7, 11) is -2.05. The van der Waals surface area contributed by atoms with Crippen LogP contribution in [0.25, 0.3) is 0 Å². The molecule has 0 heterocycles. The molecule has 4 nitrogen and oxygen atoms in total. The maximum atomic E-state index is 10.9. The fourth-order valence-corrected chi connectivity index (χ4v) is 1.50. The number of hydrogen-bond acceptors (Lipinski definition) is 3. The van der Waals surface area contributed by atoms with Crippen LogP contribution in [0.4, 0.5) is 0 Å². The molecule has 0 aliphatic rings. The normalized spacial score (nSPS) is 16.9. The Morgan fingerprint density at radius 2 is 2.17 bits per heavy atom. The van der Waals surface area contributed by atoms with Crippen molar-refractivity contribution < 1.29 is 13.2 Å². The lowest BCUT2D eigenvalue weighted by Gasteiger charge is -2.18. The minimum atomic E-state index is -3.51. The van der Waals surface area contributed by atoms with Gasteiger partial charge in [-0.25, -0.2) is 13.6 Å². The van der Waals surface area contributed by atoms with Gasteiger partial charge in [-0.2, -0.15) is 0 Å². The Morgan fingerprint density at radius 1 is 1.67 bits per heavy atom. The molecule has 0 spiro atoms.